The fourth-order valence-corrected chi connectivity index (χ4v) is 2.51. The van der Waals surface area contributed by atoms with Gasteiger partial charge in [0.2, 0.25) is 5.91 Å². The average molecular weight is 318 g/mol. The van der Waals surface area contributed by atoms with Gasteiger partial charge < -0.3 is 20.0 Å². The number of anilines is 2. The standard InChI is InChI=1S/C16H22N4O3/c1-12(21)19-8-10-20(11-9-19)16(23)15(22)17-13-6-4-5-7-14(13)18(2)3/h4-7H,8-11H2,1-3H3,(H,17,22). The molecule has 0 aliphatic carbocycles. The molecule has 0 unspecified atom stereocenters. The molecule has 7 heteroatoms. The fourth-order valence-electron chi connectivity index (χ4n) is 2.51. The van der Waals surface area contributed by atoms with E-state index < -0.39 is 11.8 Å². The third kappa shape index (κ3) is 4.00. The lowest BCUT2D eigenvalue weighted by Crippen LogP contribution is -2.52. The van der Waals surface area contributed by atoms with E-state index in [4.69, 9.17) is 0 Å². The third-order valence-corrected chi connectivity index (χ3v) is 3.84. The van der Waals surface area contributed by atoms with Crippen LogP contribution in [0.1, 0.15) is 6.92 Å². The summed E-state index contributed by atoms with van der Waals surface area (Å²) in [7, 11) is 3.74. The molecule has 1 aliphatic rings. The second kappa shape index (κ2) is 7.13. The Morgan fingerprint density at radius 3 is 2.13 bits per heavy atom. The monoisotopic (exact) mass is 318 g/mol. The van der Waals surface area contributed by atoms with E-state index in [1.165, 1.54) is 11.8 Å². The van der Waals surface area contributed by atoms with Crippen molar-refractivity contribution in [2.45, 2.75) is 6.92 Å². The second-order valence-corrected chi connectivity index (χ2v) is 5.66. The van der Waals surface area contributed by atoms with Crippen LogP contribution in [0, 0.1) is 0 Å². The molecule has 7 nitrogen and oxygen atoms in total. The summed E-state index contributed by atoms with van der Waals surface area (Å²) in [6.07, 6.45) is 0. The van der Waals surface area contributed by atoms with Crippen LogP contribution in [0.25, 0.3) is 0 Å². The number of rotatable bonds is 2. The Kier molecular flexibility index (Phi) is 5.20. The van der Waals surface area contributed by atoms with Gasteiger partial charge in [-0.05, 0) is 12.1 Å². The molecule has 1 N–H and O–H groups in total. The number of piperazine rings is 1. The first kappa shape index (κ1) is 16.8. The molecule has 0 spiro atoms. The van der Waals surface area contributed by atoms with Crippen LogP contribution in [0.5, 0.6) is 0 Å². The van der Waals surface area contributed by atoms with Crippen LogP contribution in [-0.2, 0) is 14.4 Å². The molecule has 1 fully saturated rings. The Morgan fingerprint density at radius 2 is 1.57 bits per heavy atom. The van der Waals surface area contributed by atoms with Gasteiger partial charge in [-0.2, -0.15) is 0 Å². The molecule has 0 saturated carbocycles. The third-order valence-electron chi connectivity index (χ3n) is 3.84. The Bertz CT molecular complexity index is 607. The van der Waals surface area contributed by atoms with Gasteiger partial charge >= 0.3 is 11.8 Å². The number of carbonyl (C=O) groups excluding carboxylic acids is 3. The molecule has 1 aromatic carbocycles. The molecule has 0 radical (unpaired) electrons. The molecule has 0 bridgehead atoms. The maximum atomic E-state index is 12.3. The molecule has 1 heterocycles. The van der Waals surface area contributed by atoms with Gasteiger partial charge in [0.05, 0.1) is 11.4 Å². The molecule has 1 aromatic rings. The number of nitrogens with zero attached hydrogens (tertiary/aromatic N) is 3. The summed E-state index contributed by atoms with van der Waals surface area (Å²) < 4.78 is 0. The number of nitrogens with one attached hydrogen (secondary N) is 1. The molecule has 124 valence electrons. The quantitative estimate of drug-likeness (QED) is 0.800. The van der Waals surface area contributed by atoms with Crippen molar-refractivity contribution in [1.82, 2.24) is 9.80 Å². The van der Waals surface area contributed by atoms with E-state index in [0.717, 1.165) is 5.69 Å². The van der Waals surface area contributed by atoms with Gasteiger partial charge in [-0.1, -0.05) is 12.1 Å². The summed E-state index contributed by atoms with van der Waals surface area (Å²) in [5.41, 5.74) is 1.42. The summed E-state index contributed by atoms with van der Waals surface area (Å²) in [6, 6.07) is 7.30. The zero-order valence-corrected chi connectivity index (χ0v) is 13.7. The second-order valence-electron chi connectivity index (χ2n) is 5.66. The molecule has 1 aliphatic heterocycles. The predicted molar refractivity (Wildman–Crippen MR) is 88.2 cm³/mol. The van der Waals surface area contributed by atoms with Gasteiger partial charge in [0.25, 0.3) is 0 Å². The van der Waals surface area contributed by atoms with Crippen LogP contribution in [-0.4, -0.2) is 67.8 Å². The normalized spacial score (nSPS) is 14.4. The molecule has 0 aromatic heterocycles. The first-order chi connectivity index (χ1) is 10.9. The lowest BCUT2D eigenvalue weighted by molar-refractivity contribution is -0.145. The number of hydrogen-bond donors (Lipinski definition) is 1. The first-order valence-corrected chi connectivity index (χ1v) is 7.52. The van der Waals surface area contributed by atoms with Gasteiger partial charge in [-0.25, -0.2) is 0 Å². The summed E-state index contributed by atoms with van der Waals surface area (Å²) in [5.74, 6) is -1.24. The van der Waals surface area contributed by atoms with E-state index in [1.807, 2.05) is 31.1 Å². The Hall–Kier alpha value is -2.57. The van der Waals surface area contributed by atoms with Gasteiger partial charge in [-0.3, -0.25) is 14.4 Å². The van der Waals surface area contributed by atoms with Crippen LogP contribution >= 0.6 is 0 Å². The minimum Gasteiger partial charge on any atom is -0.376 e. The van der Waals surface area contributed by atoms with E-state index in [1.54, 1.807) is 17.0 Å². The van der Waals surface area contributed by atoms with Crippen molar-refractivity contribution < 1.29 is 14.4 Å². The molecule has 3 amide bonds. The number of carbonyl (C=O) groups is 3. The maximum absolute atomic E-state index is 12.3. The van der Waals surface area contributed by atoms with Crippen LogP contribution in [0.2, 0.25) is 0 Å². The lowest BCUT2D eigenvalue weighted by atomic mass is 10.2. The number of para-hydroxylation sites is 2. The molecule has 1 saturated heterocycles. The topological polar surface area (TPSA) is 73.0 Å². The van der Waals surface area contributed by atoms with Crippen molar-refractivity contribution in [2.24, 2.45) is 0 Å². The predicted octanol–water partition coefficient (Wildman–Crippen LogP) is 0.382. The summed E-state index contributed by atoms with van der Waals surface area (Å²) >= 11 is 0. The van der Waals surface area contributed by atoms with Gasteiger partial charge in [-0.15, -0.1) is 0 Å². The van der Waals surface area contributed by atoms with Gasteiger partial charge in [0.15, 0.2) is 0 Å². The van der Waals surface area contributed by atoms with Crippen molar-refractivity contribution in [3.63, 3.8) is 0 Å². The van der Waals surface area contributed by atoms with Crippen molar-refractivity contribution in [1.29, 1.82) is 0 Å². The van der Waals surface area contributed by atoms with Crippen molar-refractivity contribution in [3.8, 4) is 0 Å². The largest absolute Gasteiger partial charge is 0.376 e. The minimum atomic E-state index is -0.657. The maximum Gasteiger partial charge on any atom is 0.313 e. The molecule has 23 heavy (non-hydrogen) atoms. The van der Waals surface area contributed by atoms with Crippen molar-refractivity contribution in [2.75, 3.05) is 50.5 Å². The highest BCUT2D eigenvalue weighted by molar-refractivity contribution is 6.39. The highest BCUT2D eigenvalue weighted by atomic mass is 16.2. The zero-order chi connectivity index (χ0) is 17.0. The van der Waals surface area contributed by atoms with Crippen molar-refractivity contribution in [3.05, 3.63) is 24.3 Å². The van der Waals surface area contributed by atoms with E-state index >= 15 is 0 Å². The van der Waals surface area contributed by atoms with E-state index in [2.05, 4.69) is 5.32 Å². The highest BCUT2D eigenvalue weighted by Gasteiger charge is 2.27. The minimum absolute atomic E-state index is 0.0125. The fraction of sp³-hybridized carbons (Fsp3) is 0.438. The summed E-state index contributed by atoms with van der Waals surface area (Å²) in [5, 5.41) is 2.67. The molecule has 2 rings (SSSR count). The van der Waals surface area contributed by atoms with Crippen molar-refractivity contribution >= 4 is 29.1 Å². The van der Waals surface area contributed by atoms with E-state index in [-0.39, 0.29) is 5.91 Å². The Balaban J connectivity index is 1.99. The van der Waals surface area contributed by atoms with Gasteiger partial charge in [0, 0.05) is 47.2 Å². The first-order valence-electron chi connectivity index (χ1n) is 7.52. The highest BCUT2D eigenvalue weighted by Crippen LogP contribution is 2.23. The Labute approximate surface area is 135 Å². The number of benzene rings is 1. The SMILES string of the molecule is CC(=O)N1CCN(C(=O)C(=O)Nc2ccccc2N(C)C)CC1. The van der Waals surface area contributed by atoms with Crippen LogP contribution < -0.4 is 10.2 Å². The van der Waals surface area contributed by atoms with E-state index in [9.17, 15) is 14.4 Å². The van der Waals surface area contributed by atoms with Crippen LogP contribution in [0.3, 0.4) is 0 Å². The Morgan fingerprint density at radius 1 is 1.00 bits per heavy atom. The molecular weight excluding hydrogens is 296 g/mol. The molecular formula is C16H22N4O3. The number of hydrogen-bond acceptors (Lipinski definition) is 4. The molecule has 0 atom stereocenters. The summed E-state index contributed by atoms with van der Waals surface area (Å²) in [4.78, 5) is 40.8. The number of amides is 3. The zero-order valence-electron chi connectivity index (χ0n) is 13.7. The average Bonchev–Trinajstić information content (AvgIpc) is 2.54. The van der Waals surface area contributed by atoms with Gasteiger partial charge in [0.1, 0.15) is 0 Å². The summed E-state index contributed by atoms with van der Waals surface area (Å²) in [6.45, 7) is 3.18. The van der Waals surface area contributed by atoms with Crippen LogP contribution in [0.4, 0.5) is 11.4 Å². The lowest BCUT2D eigenvalue weighted by Gasteiger charge is -2.33. The van der Waals surface area contributed by atoms with E-state index in [0.29, 0.717) is 31.9 Å². The smallest absolute Gasteiger partial charge is 0.313 e. The van der Waals surface area contributed by atoms with Crippen LogP contribution in [0.15, 0.2) is 24.3 Å².